The molecule has 0 atom stereocenters. The summed E-state index contributed by atoms with van der Waals surface area (Å²) in [4.78, 5) is -0.912. The molecule has 0 spiro atoms. The Morgan fingerprint density at radius 2 is 1.57 bits per heavy atom. The number of hydrogen-bond donors (Lipinski definition) is 3. The molecule has 2 rings (SSSR count). The molecule has 0 unspecified atom stereocenters. The van der Waals surface area contributed by atoms with Crippen LogP contribution in [-0.4, -0.2) is 27.5 Å². The molecular weight excluding hydrogens is 400 g/mol. The zero-order valence-electron chi connectivity index (χ0n) is 15.2. The third kappa shape index (κ3) is 6.21. The molecular formula is C19H20N2O5S2. The highest BCUT2D eigenvalue weighted by molar-refractivity contribution is 7.92. The van der Waals surface area contributed by atoms with Gasteiger partial charge in [0.15, 0.2) is 0 Å². The van der Waals surface area contributed by atoms with Crippen molar-refractivity contribution in [1.82, 2.24) is 4.72 Å². The molecule has 0 saturated carbocycles. The molecule has 0 saturated heterocycles. The fourth-order valence-electron chi connectivity index (χ4n) is 2.09. The molecule has 148 valence electrons. The Hall–Kier alpha value is -2.64. The maximum Gasteiger partial charge on any atom is 0.262 e. The maximum absolute atomic E-state index is 12.4. The summed E-state index contributed by atoms with van der Waals surface area (Å²) in [5, 5.41) is 14.7. The van der Waals surface area contributed by atoms with Crippen molar-refractivity contribution >= 4 is 26.1 Å². The smallest absolute Gasteiger partial charge is 0.262 e. The number of rotatable bonds is 5. The van der Waals surface area contributed by atoms with Gasteiger partial charge in [-0.3, -0.25) is 4.72 Å². The third-order valence-corrected chi connectivity index (χ3v) is 5.85. The molecule has 0 fully saturated rings. The Labute approximate surface area is 165 Å². The quantitative estimate of drug-likeness (QED) is 0.630. The number of nitrogens with two attached hydrogens (primary N) is 1. The number of primary sulfonamides is 1. The Morgan fingerprint density at radius 3 is 2.11 bits per heavy atom. The van der Waals surface area contributed by atoms with Crippen molar-refractivity contribution in [2.75, 3.05) is 0 Å². The number of aliphatic hydroxyl groups is 1. The van der Waals surface area contributed by atoms with Crippen LogP contribution in [0.2, 0.25) is 0 Å². The first-order chi connectivity index (χ1) is 12.9. The Kier molecular flexibility index (Phi) is 6.31. The summed E-state index contributed by atoms with van der Waals surface area (Å²) < 4.78 is 50.2. The lowest BCUT2D eigenvalue weighted by atomic mass is 10.1. The summed E-state index contributed by atoms with van der Waals surface area (Å²) in [6.45, 7) is 3.16. The highest BCUT2D eigenvalue weighted by atomic mass is 32.2. The molecule has 0 bridgehead atoms. The van der Waals surface area contributed by atoms with Crippen molar-refractivity contribution in [2.24, 2.45) is 5.14 Å². The van der Waals surface area contributed by atoms with Gasteiger partial charge >= 0.3 is 0 Å². The van der Waals surface area contributed by atoms with Crippen molar-refractivity contribution in [3.05, 3.63) is 65.9 Å². The third-order valence-electron chi connectivity index (χ3n) is 3.37. The molecule has 0 aliphatic rings. The van der Waals surface area contributed by atoms with Gasteiger partial charge in [0.1, 0.15) is 15.4 Å². The largest absolute Gasteiger partial charge is 0.378 e. The first kappa shape index (κ1) is 21.7. The first-order valence-electron chi connectivity index (χ1n) is 8.05. The SMILES string of the molecule is CC(C)(O)C#Cc1ccc(/C=C/NS(=O)(=O)c2ccccc2S(N)(=O)=O)cc1. The highest BCUT2D eigenvalue weighted by Crippen LogP contribution is 2.19. The van der Waals surface area contributed by atoms with Crippen LogP contribution in [0.3, 0.4) is 0 Å². The summed E-state index contributed by atoms with van der Waals surface area (Å²) >= 11 is 0. The van der Waals surface area contributed by atoms with Gasteiger partial charge in [0.2, 0.25) is 10.0 Å². The number of benzene rings is 2. The summed E-state index contributed by atoms with van der Waals surface area (Å²) in [5.41, 5.74) is 0.294. The lowest BCUT2D eigenvalue weighted by Gasteiger charge is -2.08. The second kappa shape index (κ2) is 8.16. The van der Waals surface area contributed by atoms with Gasteiger partial charge in [-0.15, -0.1) is 0 Å². The number of sulfonamides is 2. The molecule has 0 amide bonds. The molecule has 0 radical (unpaired) electrons. The van der Waals surface area contributed by atoms with E-state index in [1.54, 1.807) is 38.1 Å². The van der Waals surface area contributed by atoms with Gasteiger partial charge in [0, 0.05) is 11.8 Å². The fourth-order valence-corrected chi connectivity index (χ4v) is 4.35. The molecule has 2 aromatic rings. The molecule has 7 nitrogen and oxygen atoms in total. The molecule has 9 heteroatoms. The van der Waals surface area contributed by atoms with Crippen molar-refractivity contribution < 1.29 is 21.9 Å². The van der Waals surface area contributed by atoms with E-state index in [-0.39, 0.29) is 0 Å². The standard InChI is InChI=1S/C19H20N2O5S2/c1-19(2,22)13-11-15-7-9-16(10-8-15)12-14-21-28(25,26)18-6-4-3-5-17(18)27(20,23)24/h3-10,12,14,21-22H,1-2H3,(H2,20,23,24)/b14-12+. The average Bonchev–Trinajstić information content (AvgIpc) is 2.59. The zero-order valence-corrected chi connectivity index (χ0v) is 16.9. The monoisotopic (exact) mass is 420 g/mol. The van der Waals surface area contributed by atoms with Crippen molar-refractivity contribution in [2.45, 2.75) is 29.2 Å². The van der Waals surface area contributed by atoms with E-state index in [1.807, 2.05) is 0 Å². The van der Waals surface area contributed by atoms with Gasteiger partial charge in [-0.05, 0) is 49.8 Å². The number of nitrogens with one attached hydrogen (secondary N) is 1. The van der Waals surface area contributed by atoms with Crippen molar-refractivity contribution in [3.8, 4) is 11.8 Å². The molecule has 2 aromatic carbocycles. The summed E-state index contributed by atoms with van der Waals surface area (Å²) in [6.07, 6.45) is 2.69. The van der Waals surface area contributed by atoms with Crippen LogP contribution in [-0.2, 0) is 20.0 Å². The van der Waals surface area contributed by atoms with E-state index in [0.29, 0.717) is 11.1 Å². The van der Waals surface area contributed by atoms with E-state index in [9.17, 15) is 21.9 Å². The predicted molar refractivity (Wildman–Crippen MR) is 107 cm³/mol. The van der Waals surface area contributed by atoms with Crippen LogP contribution < -0.4 is 9.86 Å². The van der Waals surface area contributed by atoms with Crippen LogP contribution >= 0.6 is 0 Å². The normalized spacial score (nSPS) is 12.4. The number of hydrogen-bond acceptors (Lipinski definition) is 5. The van der Waals surface area contributed by atoms with E-state index in [1.165, 1.54) is 24.4 Å². The van der Waals surface area contributed by atoms with Crippen molar-refractivity contribution in [1.29, 1.82) is 0 Å². The molecule has 28 heavy (non-hydrogen) atoms. The molecule has 0 aromatic heterocycles. The minimum Gasteiger partial charge on any atom is -0.378 e. The van der Waals surface area contributed by atoms with Gasteiger partial charge in [-0.2, -0.15) is 0 Å². The second-order valence-electron chi connectivity index (χ2n) is 6.38. The van der Waals surface area contributed by atoms with E-state index in [0.717, 1.165) is 12.1 Å². The summed E-state index contributed by atoms with van der Waals surface area (Å²) in [5.74, 6) is 5.52. The topological polar surface area (TPSA) is 127 Å². The van der Waals surface area contributed by atoms with Gasteiger partial charge in [0.25, 0.3) is 10.0 Å². The second-order valence-corrected chi connectivity index (χ2v) is 9.59. The van der Waals surface area contributed by atoms with Gasteiger partial charge in [-0.25, -0.2) is 22.0 Å². The fraction of sp³-hybridized carbons (Fsp3) is 0.158. The van der Waals surface area contributed by atoms with Crippen LogP contribution in [0.5, 0.6) is 0 Å². The molecule has 0 heterocycles. The summed E-state index contributed by atoms with van der Waals surface area (Å²) in [7, 11) is -8.31. The molecule has 0 aliphatic carbocycles. The van der Waals surface area contributed by atoms with Crippen LogP contribution in [0.25, 0.3) is 6.08 Å². The van der Waals surface area contributed by atoms with Crippen LogP contribution in [0, 0.1) is 11.8 Å². The van der Waals surface area contributed by atoms with Crippen LogP contribution in [0.1, 0.15) is 25.0 Å². The average molecular weight is 421 g/mol. The van der Waals surface area contributed by atoms with E-state index in [4.69, 9.17) is 5.14 Å². The lowest BCUT2D eigenvalue weighted by Crippen LogP contribution is -2.23. The maximum atomic E-state index is 12.4. The first-order valence-corrected chi connectivity index (χ1v) is 11.1. The predicted octanol–water partition coefficient (Wildman–Crippen LogP) is 1.41. The minimum absolute atomic E-state index is 0.431. The molecule has 4 N–H and O–H groups in total. The van der Waals surface area contributed by atoms with Crippen molar-refractivity contribution in [3.63, 3.8) is 0 Å². The van der Waals surface area contributed by atoms with Gasteiger partial charge < -0.3 is 5.11 Å². The van der Waals surface area contributed by atoms with Crippen LogP contribution in [0.4, 0.5) is 0 Å². The Bertz CT molecular complexity index is 1150. The summed E-state index contributed by atoms with van der Waals surface area (Å²) in [6, 6.07) is 12.0. The van der Waals surface area contributed by atoms with Gasteiger partial charge in [-0.1, -0.05) is 36.1 Å². The van der Waals surface area contributed by atoms with Gasteiger partial charge in [0.05, 0.1) is 0 Å². The van der Waals surface area contributed by atoms with E-state index >= 15 is 0 Å². The van der Waals surface area contributed by atoms with E-state index in [2.05, 4.69) is 16.6 Å². The highest BCUT2D eigenvalue weighted by Gasteiger charge is 2.22. The molecule has 0 aliphatic heterocycles. The lowest BCUT2D eigenvalue weighted by molar-refractivity contribution is 0.143. The Balaban J connectivity index is 2.18. The Morgan fingerprint density at radius 1 is 1.00 bits per heavy atom. The van der Waals surface area contributed by atoms with E-state index < -0.39 is 35.4 Å². The van der Waals surface area contributed by atoms with Crippen LogP contribution in [0.15, 0.2) is 64.5 Å². The minimum atomic E-state index is -4.19. The zero-order chi connectivity index (χ0) is 21.0.